The Morgan fingerprint density at radius 2 is 2.28 bits per heavy atom. The van der Waals surface area contributed by atoms with Gasteiger partial charge in [0.25, 0.3) is 0 Å². The topological polar surface area (TPSA) is 44.1 Å². The first-order valence-corrected chi connectivity index (χ1v) is 6.24. The van der Waals surface area contributed by atoms with Crippen molar-refractivity contribution in [3.05, 3.63) is 27.6 Å². The number of esters is 1. The van der Waals surface area contributed by atoms with Gasteiger partial charge in [-0.15, -0.1) is 0 Å². The summed E-state index contributed by atoms with van der Waals surface area (Å²) in [6.07, 6.45) is 0. The Bertz CT molecular complexity index is 637. The summed E-state index contributed by atoms with van der Waals surface area (Å²) in [4.78, 5) is 11.6. The van der Waals surface area contributed by atoms with E-state index in [4.69, 9.17) is 0 Å². The van der Waals surface area contributed by atoms with Gasteiger partial charge in [-0.3, -0.25) is 4.68 Å². The number of carbonyl (C=O) groups excluding carboxylic acids is 1. The second kappa shape index (κ2) is 4.68. The standard InChI is InChI=1S/C12H12BrFN2O2/c1-4-16-6(2)9-7(13)5-8(14)10(11(9)15-16)12(17)18-3/h5H,4H2,1-3H3. The van der Waals surface area contributed by atoms with Crippen LogP contribution >= 0.6 is 15.9 Å². The predicted molar refractivity (Wildman–Crippen MR) is 69.1 cm³/mol. The lowest BCUT2D eigenvalue weighted by Crippen LogP contribution is -2.06. The van der Waals surface area contributed by atoms with Gasteiger partial charge in [-0.2, -0.15) is 5.10 Å². The molecular formula is C12H12BrFN2O2. The SMILES string of the molecule is CCn1nc2c(C(=O)OC)c(F)cc(Br)c2c1C. The molecule has 0 unspecified atom stereocenters. The number of nitrogens with zero attached hydrogens (tertiary/aromatic N) is 2. The first-order chi connectivity index (χ1) is 8.51. The predicted octanol–water partition coefficient (Wildman–Crippen LogP) is 3.05. The van der Waals surface area contributed by atoms with Crippen molar-refractivity contribution in [1.82, 2.24) is 9.78 Å². The number of rotatable bonds is 2. The van der Waals surface area contributed by atoms with Crippen molar-refractivity contribution >= 4 is 32.8 Å². The first-order valence-electron chi connectivity index (χ1n) is 5.44. The molecule has 1 aromatic heterocycles. The van der Waals surface area contributed by atoms with Crippen LogP contribution in [0.15, 0.2) is 10.5 Å². The minimum Gasteiger partial charge on any atom is -0.465 e. The Kier molecular flexibility index (Phi) is 3.38. The number of hydrogen-bond acceptors (Lipinski definition) is 3. The van der Waals surface area contributed by atoms with Crippen molar-refractivity contribution in [2.24, 2.45) is 0 Å². The molecule has 0 bridgehead atoms. The fraction of sp³-hybridized carbons (Fsp3) is 0.333. The van der Waals surface area contributed by atoms with Gasteiger partial charge >= 0.3 is 5.97 Å². The third-order valence-corrected chi connectivity index (χ3v) is 3.49. The van der Waals surface area contributed by atoms with Crippen LogP contribution in [0.1, 0.15) is 23.0 Å². The van der Waals surface area contributed by atoms with E-state index in [9.17, 15) is 9.18 Å². The van der Waals surface area contributed by atoms with E-state index in [1.807, 2.05) is 13.8 Å². The van der Waals surface area contributed by atoms with Gasteiger partial charge in [0.1, 0.15) is 16.9 Å². The van der Waals surface area contributed by atoms with Crippen LogP contribution < -0.4 is 0 Å². The van der Waals surface area contributed by atoms with E-state index in [-0.39, 0.29) is 5.56 Å². The molecule has 2 aromatic rings. The van der Waals surface area contributed by atoms with E-state index in [0.717, 1.165) is 11.1 Å². The van der Waals surface area contributed by atoms with Crippen LogP contribution in [-0.4, -0.2) is 22.9 Å². The monoisotopic (exact) mass is 314 g/mol. The van der Waals surface area contributed by atoms with Gasteiger partial charge in [-0.05, 0) is 35.8 Å². The van der Waals surface area contributed by atoms with Crippen molar-refractivity contribution in [2.75, 3.05) is 7.11 Å². The molecule has 6 heteroatoms. The quantitative estimate of drug-likeness (QED) is 0.800. The Balaban J connectivity index is 2.90. The lowest BCUT2D eigenvalue weighted by molar-refractivity contribution is 0.0597. The van der Waals surface area contributed by atoms with E-state index in [2.05, 4.69) is 25.8 Å². The lowest BCUT2D eigenvalue weighted by Gasteiger charge is -2.03. The van der Waals surface area contributed by atoms with Crippen molar-refractivity contribution in [2.45, 2.75) is 20.4 Å². The molecule has 96 valence electrons. The summed E-state index contributed by atoms with van der Waals surface area (Å²) in [5.74, 6) is -1.35. The zero-order valence-corrected chi connectivity index (χ0v) is 11.8. The highest BCUT2D eigenvalue weighted by Gasteiger charge is 2.23. The molecule has 1 heterocycles. The molecule has 2 rings (SSSR count). The fourth-order valence-corrected chi connectivity index (χ4v) is 2.66. The molecular weight excluding hydrogens is 303 g/mol. The summed E-state index contributed by atoms with van der Waals surface area (Å²) in [6, 6.07) is 1.27. The largest absolute Gasteiger partial charge is 0.465 e. The normalized spacial score (nSPS) is 10.9. The molecule has 0 fully saturated rings. The average molecular weight is 315 g/mol. The second-order valence-corrected chi connectivity index (χ2v) is 4.69. The van der Waals surface area contributed by atoms with Crippen LogP contribution in [0, 0.1) is 12.7 Å². The molecule has 1 aromatic carbocycles. The van der Waals surface area contributed by atoms with Gasteiger partial charge in [0.05, 0.1) is 7.11 Å². The van der Waals surface area contributed by atoms with Crippen molar-refractivity contribution in [3.63, 3.8) is 0 Å². The van der Waals surface area contributed by atoms with Gasteiger partial charge in [-0.1, -0.05) is 0 Å². The van der Waals surface area contributed by atoms with E-state index in [0.29, 0.717) is 16.5 Å². The molecule has 18 heavy (non-hydrogen) atoms. The molecule has 0 aliphatic heterocycles. The van der Waals surface area contributed by atoms with Gasteiger partial charge in [0, 0.05) is 22.1 Å². The summed E-state index contributed by atoms with van der Waals surface area (Å²) in [6.45, 7) is 4.46. The Morgan fingerprint density at radius 3 is 2.83 bits per heavy atom. The van der Waals surface area contributed by atoms with Crippen LogP contribution in [0.2, 0.25) is 0 Å². The molecule has 0 aliphatic rings. The van der Waals surface area contributed by atoms with E-state index >= 15 is 0 Å². The van der Waals surface area contributed by atoms with Gasteiger partial charge in [0.2, 0.25) is 0 Å². The van der Waals surface area contributed by atoms with Gasteiger partial charge in [0.15, 0.2) is 0 Å². The molecule has 0 saturated carbocycles. The number of methoxy groups -OCH3 is 1. The Morgan fingerprint density at radius 1 is 1.61 bits per heavy atom. The highest BCUT2D eigenvalue weighted by Crippen LogP contribution is 2.31. The third kappa shape index (κ3) is 1.80. The summed E-state index contributed by atoms with van der Waals surface area (Å²) in [5.41, 5.74) is 1.09. The zero-order valence-electron chi connectivity index (χ0n) is 10.3. The maximum Gasteiger partial charge on any atom is 0.343 e. The average Bonchev–Trinajstić information content (AvgIpc) is 2.66. The van der Waals surface area contributed by atoms with E-state index in [1.54, 1.807) is 4.68 Å². The second-order valence-electron chi connectivity index (χ2n) is 3.83. The zero-order chi connectivity index (χ0) is 13.4. The smallest absolute Gasteiger partial charge is 0.343 e. The molecule has 0 N–H and O–H groups in total. The van der Waals surface area contributed by atoms with Gasteiger partial charge < -0.3 is 4.74 Å². The summed E-state index contributed by atoms with van der Waals surface area (Å²) < 4.78 is 20.8. The number of aromatic nitrogens is 2. The fourth-order valence-electron chi connectivity index (χ4n) is 1.98. The number of benzene rings is 1. The number of carbonyl (C=O) groups is 1. The highest BCUT2D eigenvalue weighted by molar-refractivity contribution is 9.10. The third-order valence-electron chi connectivity index (χ3n) is 2.86. The minimum absolute atomic E-state index is 0.119. The van der Waals surface area contributed by atoms with Crippen LogP contribution in [0.3, 0.4) is 0 Å². The number of fused-ring (bicyclic) bond motifs is 1. The van der Waals surface area contributed by atoms with Gasteiger partial charge in [-0.25, -0.2) is 9.18 Å². The summed E-state index contributed by atoms with van der Waals surface area (Å²) in [5, 5.41) is 5.00. The summed E-state index contributed by atoms with van der Waals surface area (Å²) >= 11 is 3.30. The molecule has 0 atom stereocenters. The molecule has 0 aliphatic carbocycles. The number of halogens is 2. The van der Waals surface area contributed by atoms with Crippen molar-refractivity contribution in [1.29, 1.82) is 0 Å². The molecule has 4 nitrogen and oxygen atoms in total. The maximum atomic E-state index is 13.9. The van der Waals surface area contributed by atoms with Crippen LogP contribution in [0.5, 0.6) is 0 Å². The highest BCUT2D eigenvalue weighted by atomic mass is 79.9. The molecule has 0 spiro atoms. The van der Waals surface area contributed by atoms with Crippen molar-refractivity contribution in [3.8, 4) is 0 Å². The number of hydrogen-bond donors (Lipinski definition) is 0. The molecule has 0 saturated heterocycles. The van der Waals surface area contributed by atoms with E-state index in [1.165, 1.54) is 13.2 Å². The number of aryl methyl sites for hydroxylation is 2. The van der Waals surface area contributed by atoms with Crippen LogP contribution in [-0.2, 0) is 11.3 Å². The van der Waals surface area contributed by atoms with Crippen LogP contribution in [0.4, 0.5) is 4.39 Å². The maximum absolute atomic E-state index is 13.9. The van der Waals surface area contributed by atoms with Crippen molar-refractivity contribution < 1.29 is 13.9 Å². The Hall–Kier alpha value is -1.43. The van der Waals surface area contributed by atoms with E-state index < -0.39 is 11.8 Å². The lowest BCUT2D eigenvalue weighted by atomic mass is 10.1. The Labute approximate surface area is 112 Å². The minimum atomic E-state index is -0.717. The number of ether oxygens (including phenoxy) is 1. The first kappa shape index (κ1) is 13.0. The molecule has 0 radical (unpaired) electrons. The van der Waals surface area contributed by atoms with Crippen LogP contribution in [0.25, 0.3) is 10.9 Å². The summed E-state index contributed by atoms with van der Waals surface area (Å²) in [7, 11) is 1.22. The molecule has 0 amide bonds.